The van der Waals surface area contributed by atoms with Gasteiger partial charge >= 0.3 is 12.2 Å². The minimum absolute atomic E-state index is 0.168. The predicted molar refractivity (Wildman–Crippen MR) is 122 cm³/mol. The van der Waals surface area contributed by atoms with Gasteiger partial charge in [-0.3, -0.25) is 9.88 Å². The highest BCUT2D eigenvalue weighted by molar-refractivity contribution is 6.03. The van der Waals surface area contributed by atoms with Crippen molar-refractivity contribution in [2.24, 2.45) is 0 Å². The molecule has 0 fully saturated rings. The average Bonchev–Trinajstić information content (AvgIpc) is 2.78. The van der Waals surface area contributed by atoms with Gasteiger partial charge < -0.3 is 10.2 Å². The van der Waals surface area contributed by atoms with Crippen molar-refractivity contribution in [3.63, 3.8) is 0 Å². The number of halogens is 3. The topological polar surface area (TPSA) is 61.4 Å². The molecule has 0 saturated heterocycles. The Bertz CT molecular complexity index is 1140. The fourth-order valence-corrected chi connectivity index (χ4v) is 3.93. The molecule has 3 aromatic rings. The number of anilines is 3. The van der Waals surface area contributed by atoms with Gasteiger partial charge in [-0.2, -0.15) is 13.2 Å². The zero-order valence-corrected chi connectivity index (χ0v) is 18.3. The first-order valence-corrected chi connectivity index (χ1v) is 10.6. The van der Waals surface area contributed by atoms with Crippen molar-refractivity contribution < 1.29 is 18.0 Å². The predicted octanol–water partition coefficient (Wildman–Crippen LogP) is 5.82. The van der Waals surface area contributed by atoms with Crippen LogP contribution < -0.4 is 15.1 Å². The second-order valence-electron chi connectivity index (χ2n) is 8.07. The number of nitrogens with zero attached hydrogens (tertiary/aromatic N) is 4. The molecule has 3 heterocycles. The number of alkyl halides is 3. The third kappa shape index (κ3) is 4.92. The summed E-state index contributed by atoms with van der Waals surface area (Å²) in [4.78, 5) is 25.6. The third-order valence-corrected chi connectivity index (χ3v) is 5.67. The van der Waals surface area contributed by atoms with Crippen molar-refractivity contribution in [2.45, 2.75) is 32.0 Å². The Morgan fingerprint density at radius 1 is 1.15 bits per heavy atom. The van der Waals surface area contributed by atoms with Crippen LogP contribution in [0.15, 0.2) is 60.9 Å². The number of rotatable bonds is 2. The number of pyridine rings is 2. The summed E-state index contributed by atoms with van der Waals surface area (Å²) in [5.74, 6) is 0.404. The summed E-state index contributed by atoms with van der Waals surface area (Å²) in [5, 5.41) is 2.85. The van der Waals surface area contributed by atoms with Crippen molar-refractivity contribution in [1.82, 2.24) is 9.97 Å². The van der Waals surface area contributed by atoms with Crippen LogP contribution in [0, 0.1) is 0 Å². The highest BCUT2D eigenvalue weighted by atomic mass is 19.4. The number of hydrogen-bond donors (Lipinski definition) is 1. The van der Waals surface area contributed by atoms with Crippen molar-refractivity contribution in [2.75, 3.05) is 28.7 Å². The van der Waals surface area contributed by atoms with E-state index < -0.39 is 11.7 Å². The van der Waals surface area contributed by atoms with E-state index in [4.69, 9.17) is 4.98 Å². The number of benzene rings is 1. The van der Waals surface area contributed by atoms with Gasteiger partial charge in [-0.25, -0.2) is 9.78 Å². The van der Waals surface area contributed by atoms with E-state index in [-0.39, 0.29) is 12.1 Å². The number of fused-ring (bicyclic) bond motifs is 1. The molecule has 0 unspecified atom stereocenters. The van der Waals surface area contributed by atoms with Crippen LogP contribution in [0.2, 0.25) is 0 Å². The van der Waals surface area contributed by atoms with Crippen LogP contribution in [-0.4, -0.2) is 35.6 Å². The highest BCUT2D eigenvalue weighted by Crippen LogP contribution is 2.36. The molecule has 1 atom stereocenters. The molecule has 1 aliphatic rings. The number of hydrogen-bond acceptors (Lipinski definition) is 4. The summed E-state index contributed by atoms with van der Waals surface area (Å²) < 4.78 is 39.7. The molecule has 0 bridgehead atoms. The van der Waals surface area contributed by atoms with Gasteiger partial charge in [0.05, 0.1) is 28.8 Å². The molecule has 2 amide bonds. The Kier molecular flexibility index (Phi) is 6.22. The van der Waals surface area contributed by atoms with Crippen LogP contribution >= 0.6 is 0 Å². The Hall–Kier alpha value is -3.62. The zero-order chi connectivity index (χ0) is 23.6. The molecule has 1 aliphatic heterocycles. The Morgan fingerprint density at radius 3 is 2.70 bits per heavy atom. The Morgan fingerprint density at radius 2 is 1.97 bits per heavy atom. The fourth-order valence-electron chi connectivity index (χ4n) is 3.93. The molecule has 1 aromatic carbocycles. The van der Waals surface area contributed by atoms with Crippen LogP contribution in [0.1, 0.15) is 25.3 Å². The second-order valence-corrected chi connectivity index (χ2v) is 8.07. The minimum atomic E-state index is -4.45. The molecule has 0 spiro atoms. The van der Waals surface area contributed by atoms with E-state index in [9.17, 15) is 18.0 Å². The molecule has 0 radical (unpaired) electrons. The van der Waals surface area contributed by atoms with Gasteiger partial charge in [0.2, 0.25) is 0 Å². The minimum Gasteiger partial charge on any atom is -0.372 e. The number of amides is 2. The quantitative estimate of drug-likeness (QED) is 0.529. The molecule has 6 nitrogen and oxygen atoms in total. The summed E-state index contributed by atoms with van der Waals surface area (Å²) in [5.41, 5.74) is 1.22. The normalized spacial score (nSPS) is 16.6. The Labute approximate surface area is 190 Å². The van der Waals surface area contributed by atoms with Crippen LogP contribution in [0.25, 0.3) is 11.3 Å². The summed E-state index contributed by atoms with van der Waals surface area (Å²) in [7, 11) is 1.91. The van der Waals surface area contributed by atoms with Crippen LogP contribution in [0.4, 0.5) is 35.2 Å². The lowest BCUT2D eigenvalue weighted by molar-refractivity contribution is -0.137. The highest BCUT2D eigenvalue weighted by Gasteiger charge is 2.32. The molecule has 33 heavy (non-hydrogen) atoms. The summed E-state index contributed by atoms with van der Waals surface area (Å²) >= 11 is 0. The monoisotopic (exact) mass is 455 g/mol. The Balaban J connectivity index is 1.79. The number of aromatic nitrogens is 2. The molecule has 0 saturated carbocycles. The molecule has 9 heteroatoms. The molecular weight excluding hydrogens is 431 g/mol. The maximum Gasteiger partial charge on any atom is 0.416 e. The van der Waals surface area contributed by atoms with E-state index in [2.05, 4.69) is 10.3 Å². The largest absolute Gasteiger partial charge is 0.416 e. The van der Waals surface area contributed by atoms with Crippen molar-refractivity contribution >= 4 is 23.2 Å². The van der Waals surface area contributed by atoms with Crippen molar-refractivity contribution in [3.05, 3.63) is 66.5 Å². The second kappa shape index (κ2) is 9.09. The van der Waals surface area contributed by atoms with Crippen LogP contribution in [0.5, 0.6) is 0 Å². The van der Waals surface area contributed by atoms with E-state index >= 15 is 0 Å². The molecular formula is C24H24F3N5O. The molecule has 0 aliphatic carbocycles. The smallest absolute Gasteiger partial charge is 0.372 e. The van der Waals surface area contributed by atoms with E-state index in [1.165, 1.54) is 6.07 Å². The van der Waals surface area contributed by atoms with Gasteiger partial charge in [-0.05, 0) is 56.2 Å². The van der Waals surface area contributed by atoms with Crippen molar-refractivity contribution in [3.8, 4) is 11.3 Å². The number of carbonyl (C=O) groups excluding carboxylic acids is 1. The van der Waals surface area contributed by atoms with Gasteiger partial charge in [-0.15, -0.1) is 0 Å². The SMILES string of the molecule is C[C@@H]1CCCN(C)c2ccc(-c3cccc(C(F)(F)F)c3)nc2N1C(=O)Nc1cccnc1. The third-order valence-electron chi connectivity index (χ3n) is 5.67. The van der Waals surface area contributed by atoms with Gasteiger partial charge in [0.15, 0.2) is 5.82 Å². The van der Waals surface area contributed by atoms with Gasteiger partial charge in [0, 0.05) is 31.4 Å². The lowest BCUT2D eigenvalue weighted by atomic mass is 10.1. The fraction of sp³-hybridized carbons (Fsp3) is 0.292. The first-order valence-electron chi connectivity index (χ1n) is 10.6. The standard InChI is InChI=1S/C24H24F3N5O/c1-16-6-5-13-31(2)21-11-10-20(17-7-3-8-18(14-17)24(25,26)27)30-22(21)32(16)23(33)29-19-9-4-12-28-15-19/h3-4,7-12,14-16H,5-6,13H2,1-2H3,(H,29,33)/t16-/m1/s1. The first kappa shape index (κ1) is 22.6. The van der Waals surface area contributed by atoms with Crippen LogP contribution in [-0.2, 0) is 6.18 Å². The summed E-state index contributed by atoms with van der Waals surface area (Å²) in [6.07, 6.45) is 0.334. The maximum absolute atomic E-state index is 13.3. The van der Waals surface area contributed by atoms with E-state index in [0.29, 0.717) is 22.8 Å². The van der Waals surface area contributed by atoms with E-state index in [1.807, 2.05) is 18.9 Å². The molecule has 172 valence electrons. The van der Waals surface area contributed by atoms with Crippen molar-refractivity contribution in [1.29, 1.82) is 0 Å². The van der Waals surface area contributed by atoms with E-state index in [0.717, 1.165) is 37.2 Å². The summed E-state index contributed by atoms with van der Waals surface area (Å²) in [6, 6.07) is 11.5. The summed E-state index contributed by atoms with van der Waals surface area (Å²) in [6.45, 7) is 2.72. The lowest BCUT2D eigenvalue weighted by Gasteiger charge is -2.35. The van der Waals surface area contributed by atoms with Gasteiger partial charge in [0.1, 0.15) is 0 Å². The number of carbonyl (C=O) groups is 1. The van der Waals surface area contributed by atoms with Gasteiger partial charge in [-0.1, -0.05) is 12.1 Å². The molecule has 4 rings (SSSR count). The number of urea groups is 1. The first-order chi connectivity index (χ1) is 15.7. The number of nitrogens with one attached hydrogen (secondary N) is 1. The van der Waals surface area contributed by atoms with E-state index in [1.54, 1.807) is 47.6 Å². The average molecular weight is 455 g/mol. The maximum atomic E-state index is 13.3. The lowest BCUT2D eigenvalue weighted by Crippen LogP contribution is -2.44. The van der Waals surface area contributed by atoms with Crippen LogP contribution in [0.3, 0.4) is 0 Å². The zero-order valence-electron chi connectivity index (χ0n) is 18.3. The molecule has 2 aromatic heterocycles. The van der Waals surface area contributed by atoms with Gasteiger partial charge in [0.25, 0.3) is 0 Å². The molecule has 1 N–H and O–H groups in total.